The molecule has 0 fully saturated rings. The second-order valence-electron chi connectivity index (χ2n) is 3.75. The van der Waals surface area contributed by atoms with Crippen molar-refractivity contribution < 1.29 is 9.53 Å². The van der Waals surface area contributed by atoms with E-state index in [0.29, 0.717) is 23.6 Å². The number of aromatic nitrogens is 2. The summed E-state index contributed by atoms with van der Waals surface area (Å²) in [6.45, 7) is 2.37. The van der Waals surface area contributed by atoms with E-state index in [1.807, 2.05) is 25.1 Å². The lowest BCUT2D eigenvalue weighted by molar-refractivity contribution is 0.0505. The molecule has 2 heterocycles. The van der Waals surface area contributed by atoms with Gasteiger partial charge in [0.1, 0.15) is 5.69 Å². The first-order valence-corrected chi connectivity index (χ1v) is 5.86. The fourth-order valence-electron chi connectivity index (χ4n) is 1.55. The smallest absolute Gasteiger partial charge is 0.340 e. The van der Waals surface area contributed by atoms with Gasteiger partial charge in [0.15, 0.2) is 0 Å². The van der Waals surface area contributed by atoms with Gasteiger partial charge < -0.3 is 4.74 Å². The lowest BCUT2D eigenvalue weighted by atomic mass is 10.1. The van der Waals surface area contributed by atoms with E-state index in [0.717, 1.165) is 6.42 Å². The van der Waals surface area contributed by atoms with Gasteiger partial charge in [0.2, 0.25) is 0 Å². The van der Waals surface area contributed by atoms with Gasteiger partial charge in [-0.1, -0.05) is 13.0 Å². The number of ether oxygens (including phenoxy) is 1. The van der Waals surface area contributed by atoms with Crippen LogP contribution in [0.3, 0.4) is 0 Å². The number of hydrogen-bond acceptors (Lipinski definition) is 4. The van der Waals surface area contributed by atoms with E-state index in [1.165, 1.54) is 0 Å². The first-order chi connectivity index (χ1) is 8.83. The van der Waals surface area contributed by atoms with Crippen molar-refractivity contribution in [3.05, 3.63) is 48.3 Å². The summed E-state index contributed by atoms with van der Waals surface area (Å²) in [6.07, 6.45) is 4.11. The van der Waals surface area contributed by atoms with Crippen molar-refractivity contribution in [2.24, 2.45) is 0 Å². The van der Waals surface area contributed by atoms with E-state index >= 15 is 0 Å². The molecule has 2 rings (SSSR count). The third kappa shape index (κ3) is 2.71. The maximum atomic E-state index is 11.9. The zero-order valence-electron chi connectivity index (χ0n) is 10.2. The topological polar surface area (TPSA) is 52.1 Å². The van der Waals surface area contributed by atoms with Gasteiger partial charge >= 0.3 is 5.97 Å². The molecular weight excluding hydrogens is 228 g/mol. The second-order valence-corrected chi connectivity index (χ2v) is 3.75. The highest BCUT2D eigenvalue weighted by Gasteiger charge is 2.15. The highest BCUT2D eigenvalue weighted by atomic mass is 16.5. The van der Waals surface area contributed by atoms with Gasteiger partial charge in [0.05, 0.1) is 17.9 Å². The SMILES string of the molecule is CCCOC(=O)c1cccnc1-c1ccccn1. The maximum absolute atomic E-state index is 11.9. The van der Waals surface area contributed by atoms with E-state index < -0.39 is 0 Å². The number of carbonyl (C=O) groups is 1. The van der Waals surface area contributed by atoms with Crippen LogP contribution in [-0.2, 0) is 4.74 Å². The summed E-state index contributed by atoms with van der Waals surface area (Å²) in [6, 6.07) is 8.92. The Kier molecular flexibility index (Phi) is 4.02. The van der Waals surface area contributed by atoms with Crippen molar-refractivity contribution >= 4 is 5.97 Å². The molecule has 0 bridgehead atoms. The maximum Gasteiger partial charge on any atom is 0.340 e. The molecule has 0 saturated carbocycles. The molecule has 0 spiro atoms. The normalized spacial score (nSPS) is 10.1. The summed E-state index contributed by atoms with van der Waals surface area (Å²) in [5.74, 6) is -0.356. The van der Waals surface area contributed by atoms with Crippen LogP contribution in [0.15, 0.2) is 42.7 Å². The largest absolute Gasteiger partial charge is 0.462 e. The third-order valence-electron chi connectivity index (χ3n) is 2.37. The minimum absolute atomic E-state index is 0.356. The summed E-state index contributed by atoms with van der Waals surface area (Å²) >= 11 is 0. The number of carbonyl (C=O) groups excluding carboxylic acids is 1. The number of nitrogens with zero attached hydrogens (tertiary/aromatic N) is 2. The first kappa shape index (κ1) is 12.2. The van der Waals surface area contributed by atoms with Crippen LogP contribution in [0, 0.1) is 0 Å². The molecule has 0 aliphatic carbocycles. The quantitative estimate of drug-likeness (QED) is 0.773. The Morgan fingerprint density at radius 3 is 2.72 bits per heavy atom. The lowest BCUT2D eigenvalue weighted by Gasteiger charge is -2.07. The van der Waals surface area contributed by atoms with Crippen molar-refractivity contribution in [3.63, 3.8) is 0 Å². The van der Waals surface area contributed by atoms with Gasteiger partial charge in [0.25, 0.3) is 0 Å². The Labute approximate surface area is 106 Å². The molecule has 0 saturated heterocycles. The van der Waals surface area contributed by atoms with Crippen LogP contribution in [0.4, 0.5) is 0 Å². The Balaban J connectivity index is 2.34. The third-order valence-corrected chi connectivity index (χ3v) is 2.37. The molecule has 0 amide bonds. The number of hydrogen-bond donors (Lipinski definition) is 0. The van der Waals surface area contributed by atoms with Crippen molar-refractivity contribution in [2.45, 2.75) is 13.3 Å². The fraction of sp³-hybridized carbons (Fsp3) is 0.214. The number of esters is 1. The molecule has 0 aliphatic heterocycles. The van der Waals surface area contributed by atoms with Gasteiger partial charge in [-0.3, -0.25) is 9.97 Å². The molecule has 0 unspecified atom stereocenters. The Morgan fingerprint density at radius 2 is 2.00 bits per heavy atom. The van der Waals surface area contributed by atoms with E-state index in [1.54, 1.807) is 24.5 Å². The molecule has 2 aromatic heterocycles. The standard InChI is InChI=1S/C14H14N2O2/c1-2-10-18-14(17)11-6-5-9-16-13(11)12-7-3-4-8-15-12/h3-9H,2,10H2,1H3. The van der Waals surface area contributed by atoms with E-state index in [4.69, 9.17) is 4.74 Å². The van der Waals surface area contributed by atoms with Crippen LogP contribution in [0.5, 0.6) is 0 Å². The van der Waals surface area contributed by atoms with Gasteiger partial charge in [-0.15, -0.1) is 0 Å². The molecule has 0 aromatic carbocycles. The molecule has 0 atom stereocenters. The van der Waals surface area contributed by atoms with Crippen LogP contribution >= 0.6 is 0 Å². The number of pyridine rings is 2. The summed E-state index contributed by atoms with van der Waals surface area (Å²) < 4.78 is 5.13. The summed E-state index contributed by atoms with van der Waals surface area (Å²) in [5, 5.41) is 0. The minimum atomic E-state index is -0.356. The first-order valence-electron chi connectivity index (χ1n) is 5.86. The van der Waals surface area contributed by atoms with Crippen molar-refractivity contribution in [1.29, 1.82) is 0 Å². The van der Waals surface area contributed by atoms with E-state index in [9.17, 15) is 4.79 Å². The monoisotopic (exact) mass is 242 g/mol. The van der Waals surface area contributed by atoms with Crippen LogP contribution in [0.1, 0.15) is 23.7 Å². The zero-order chi connectivity index (χ0) is 12.8. The highest BCUT2D eigenvalue weighted by molar-refractivity contribution is 5.95. The Hall–Kier alpha value is -2.23. The minimum Gasteiger partial charge on any atom is -0.462 e. The molecule has 2 aromatic rings. The zero-order valence-corrected chi connectivity index (χ0v) is 10.2. The van der Waals surface area contributed by atoms with Crippen LogP contribution in [0.2, 0.25) is 0 Å². The fourth-order valence-corrected chi connectivity index (χ4v) is 1.55. The molecule has 0 aliphatic rings. The van der Waals surface area contributed by atoms with Gasteiger partial charge in [0, 0.05) is 12.4 Å². The second kappa shape index (κ2) is 5.91. The van der Waals surface area contributed by atoms with Crippen molar-refractivity contribution in [2.75, 3.05) is 6.61 Å². The molecular formula is C14H14N2O2. The molecule has 0 radical (unpaired) electrons. The Morgan fingerprint density at radius 1 is 1.17 bits per heavy atom. The summed E-state index contributed by atoms with van der Waals surface area (Å²) in [7, 11) is 0. The average molecular weight is 242 g/mol. The van der Waals surface area contributed by atoms with Crippen LogP contribution in [-0.4, -0.2) is 22.5 Å². The van der Waals surface area contributed by atoms with Crippen LogP contribution in [0.25, 0.3) is 11.4 Å². The Bertz CT molecular complexity index is 526. The van der Waals surface area contributed by atoms with Crippen LogP contribution < -0.4 is 0 Å². The predicted molar refractivity (Wildman–Crippen MR) is 68.0 cm³/mol. The van der Waals surface area contributed by atoms with Crippen molar-refractivity contribution in [1.82, 2.24) is 9.97 Å². The molecule has 4 nitrogen and oxygen atoms in total. The highest BCUT2D eigenvalue weighted by Crippen LogP contribution is 2.19. The van der Waals surface area contributed by atoms with Gasteiger partial charge in [-0.25, -0.2) is 4.79 Å². The molecule has 92 valence electrons. The van der Waals surface area contributed by atoms with E-state index in [-0.39, 0.29) is 5.97 Å². The van der Waals surface area contributed by atoms with E-state index in [2.05, 4.69) is 9.97 Å². The van der Waals surface area contributed by atoms with Gasteiger partial charge in [-0.2, -0.15) is 0 Å². The predicted octanol–water partition coefficient (Wildman–Crippen LogP) is 2.71. The summed E-state index contributed by atoms with van der Waals surface area (Å²) in [5.41, 5.74) is 1.67. The van der Waals surface area contributed by atoms with Crippen molar-refractivity contribution in [3.8, 4) is 11.4 Å². The lowest BCUT2D eigenvalue weighted by Crippen LogP contribution is -2.08. The van der Waals surface area contributed by atoms with Gasteiger partial charge in [-0.05, 0) is 30.7 Å². The molecule has 0 N–H and O–H groups in total. The molecule has 18 heavy (non-hydrogen) atoms. The average Bonchev–Trinajstić information content (AvgIpc) is 2.45. The summed E-state index contributed by atoms with van der Waals surface area (Å²) in [4.78, 5) is 20.3. The molecule has 4 heteroatoms. The number of rotatable bonds is 4.